The molecule has 0 aromatic rings. The lowest BCUT2D eigenvalue weighted by molar-refractivity contribution is -0.0276. The fourth-order valence-electron chi connectivity index (χ4n) is 1.64. The van der Waals surface area contributed by atoms with Crippen LogP contribution in [0, 0.1) is 0 Å². The lowest BCUT2D eigenvalue weighted by Gasteiger charge is -2.25. The number of hydrogen-bond donors (Lipinski definition) is 1. The van der Waals surface area contributed by atoms with Crippen LogP contribution in [0.25, 0.3) is 0 Å². The predicted molar refractivity (Wildman–Crippen MR) is 71.6 cm³/mol. The Morgan fingerprint density at radius 2 is 1.95 bits per heavy atom. The van der Waals surface area contributed by atoms with Crippen LogP contribution in [-0.4, -0.2) is 59.1 Å². The average molecular weight is 294 g/mol. The van der Waals surface area contributed by atoms with Gasteiger partial charge in [0, 0.05) is 25.9 Å². The van der Waals surface area contributed by atoms with E-state index >= 15 is 0 Å². The topological polar surface area (TPSA) is 69.7 Å². The minimum absolute atomic E-state index is 0.115. The van der Waals surface area contributed by atoms with Crippen LogP contribution in [0.3, 0.4) is 0 Å². The molecule has 0 amide bonds. The van der Waals surface area contributed by atoms with Crippen LogP contribution in [0.5, 0.6) is 0 Å². The molecule has 0 bridgehead atoms. The van der Waals surface area contributed by atoms with Crippen molar-refractivity contribution in [3.63, 3.8) is 0 Å². The molecule has 114 valence electrons. The highest BCUT2D eigenvalue weighted by Gasteiger charge is 2.42. The largest absolute Gasteiger partial charge is 0.677 e. The molecule has 1 heterocycles. The molecule has 19 heavy (non-hydrogen) atoms. The van der Waals surface area contributed by atoms with E-state index in [0.717, 1.165) is 19.4 Å². The highest BCUT2D eigenvalue weighted by atomic mass is 28.4. The van der Waals surface area contributed by atoms with Crippen molar-refractivity contribution in [3.05, 3.63) is 0 Å². The standard InChI is InChI=1S/C12H26O6Si/c1-4-16-19(13,17-5-2)18-11(3)7-6-8-14-9-12-10-15-12/h11-13H,4-10H2,1-3H3. The van der Waals surface area contributed by atoms with Gasteiger partial charge in [0.1, 0.15) is 6.10 Å². The molecule has 0 spiro atoms. The third kappa shape index (κ3) is 7.98. The molecular weight excluding hydrogens is 268 g/mol. The van der Waals surface area contributed by atoms with Gasteiger partial charge in [0.05, 0.1) is 13.2 Å². The molecule has 1 aliphatic rings. The number of hydrogen-bond acceptors (Lipinski definition) is 6. The molecule has 7 heteroatoms. The smallest absolute Gasteiger partial charge is 0.379 e. The van der Waals surface area contributed by atoms with E-state index in [-0.39, 0.29) is 6.10 Å². The van der Waals surface area contributed by atoms with Crippen molar-refractivity contribution in [1.29, 1.82) is 0 Å². The molecule has 0 radical (unpaired) electrons. The normalized spacial score (nSPS) is 20.5. The van der Waals surface area contributed by atoms with E-state index in [1.165, 1.54) is 0 Å². The zero-order valence-electron chi connectivity index (χ0n) is 12.1. The molecule has 1 fully saturated rings. The summed E-state index contributed by atoms with van der Waals surface area (Å²) >= 11 is 0. The molecule has 2 atom stereocenters. The van der Waals surface area contributed by atoms with E-state index in [2.05, 4.69) is 0 Å². The highest BCUT2D eigenvalue weighted by molar-refractivity contribution is 6.51. The molecule has 1 rings (SSSR count). The summed E-state index contributed by atoms with van der Waals surface area (Å²) in [5.74, 6) is 0. The van der Waals surface area contributed by atoms with Gasteiger partial charge in [-0.2, -0.15) is 0 Å². The summed E-state index contributed by atoms with van der Waals surface area (Å²) in [6.07, 6.45) is 1.86. The van der Waals surface area contributed by atoms with Gasteiger partial charge in [0.15, 0.2) is 0 Å². The third-order valence-corrected chi connectivity index (χ3v) is 4.62. The van der Waals surface area contributed by atoms with Gasteiger partial charge in [-0.15, -0.1) is 0 Å². The molecule has 0 aliphatic carbocycles. The van der Waals surface area contributed by atoms with Crippen molar-refractivity contribution in [2.45, 2.75) is 45.8 Å². The average Bonchev–Trinajstić information content (AvgIpc) is 3.12. The highest BCUT2D eigenvalue weighted by Crippen LogP contribution is 2.13. The van der Waals surface area contributed by atoms with Gasteiger partial charge >= 0.3 is 9.05 Å². The molecule has 0 aromatic heterocycles. The van der Waals surface area contributed by atoms with E-state index in [1.807, 2.05) is 6.92 Å². The van der Waals surface area contributed by atoms with Gasteiger partial charge in [-0.3, -0.25) is 0 Å². The molecule has 2 unspecified atom stereocenters. The van der Waals surface area contributed by atoms with Crippen LogP contribution in [0.15, 0.2) is 0 Å². The van der Waals surface area contributed by atoms with Crippen LogP contribution in [0.4, 0.5) is 0 Å². The van der Waals surface area contributed by atoms with E-state index in [4.69, 9.17) is 22.8 Å². The summed E-state index contributed by atoms with van der Waals surface area (Å²) in [7, 11) is -3.45. The summed E-state index contributed by atoms with van der Waals surface area (Å²) in [5.41, 5.74) is 0. The Morgan fingerprint density at radius 1 is 1.32 bits per heavy atom. The van der Waals surface area contributed by atoms with Gasteiger partial charge < -0.3 is 27.5 Å². The first-order chi connectivity index (χ1) is 9.09. The van der Waals surface area contributed by atoms with E-state index in [9.17, 15) is 4.80 Å². The second-order valence-corrected chi connectivity index (χ2v) is 6.35. The lowest BCUT2D eigenvalue weighted by atomic mass is 10.2. The Morgan fingerprint density at radius 3 is 2.47 bits per heavy atom. The summed E-state index contributed by atoms with van der Waals surface area (Å²) in [4.78, 5) is 10.1. The van der Waals surface area contributed by atoms with Crippen LogP contribution < -0.4 is 0 Å². The van der Waals surface area contributed by atoms with E-state index in [1.54, 1.807) is 13.8 Å². The van der Waals surface area contributed by atoms with E-state index < -0.39 is 9.05 Å². The van der Waals surface area contributed by atoms with Crippen molar-refractivity contribution in [1.82, 2.24) is 0 Å². The van der Waals surface area contributed by atoms with Gasteiger partial charge in [-0.1, -0.05) is 0 Å². The van der Waals surface area contributed by atoms with Crippen molar-refractivity contribution < 1.29 is 27.5 Å². The second-order valence-electron chi connectivity index (χ2n) is 4.49. The van der Waals surface area contributed by atoms with Gasteiger partial charge in [-0.05, 0) is 33.6 Å². The fourth-order valence-corrected chi connectivity index (χ4v) is 3.21. The van der Waals surface area contributed by atoms with Crippen LogP contribution in [0.2, 0.25) is 0 Å². The first-order valence-corrected chi connectivity index (χ1v) is 8.64. The zero-order chi connectivity index (χ0) is 14.1. The minimum Gasteiger partial charge on any atom is -0.379 e. The Balaban J connectivity index is 2.10. The molecule has 6 nitrogen and oxygen atoms in total. The van der Waals surface area contributed by atoms with Gasteiger partial charge in [-0.25, -0.2) is 0 Å². The molecule has 1 N–H and O–H groups in total. The zero-order valence-corrected chi connectivity index (χ0v) is 13.1. The Kier molecular flexibility index (Phi) is 8.08. The maximum Gasteiger partial charge on any atom is 0.677 e. The monoisotopic (exact) mass is 294 g/mol. The summed E-state index contributed by atoms with van der Waals surface area (Å²) in [5, 5.41) is 0. The van der Waals surface area contributed by atoms with Crippen molar-refractivity contribution >= 4 is 9.05 Å². The summed E-state index contributed by atoms with van der Waals surface area (Å²) < 4.78 is 26.4. The number of epoxide rings is 1. The fraction of sp³-hybridized carbons (Fsp3) is 1.00. The van der Waals surface area contributed by atoms with Crippen LogP contribution >= 0.6 is 0 Å². The molecule has 0 aromatic carbocycles. The minimum atomic E-state index is -3.45. The SMILES string of the molecule is CCO[Si](O)(OCC)OC(C)CCCOCC1CO1. The predicted octanol–water partition coefficient (Wildman–Crippen LogP) is 1.09. The first-order valence-electron chi connectivity index (χ1n) is 6.97. The van der Waals surface area contributed by atoms with Crippen molar-refractivity contribution in [3.8, 4) is 0 Å². The first kappa shape index (κ1) is 17.0. The lowest BCUT2D eigenvalue weighted by Crippen LogP contribution is -2.48. The van der Waals surface area contributed by atoms with E-state index in [0.29, 0.717) is 32.5 Å². The summed E-state index contributed by atoms with van der Waals surface area (Å²) in [6, 6.07) is 0. The summed E-state index contributed by atoms with van der Waals surface area (Å²) in [6.45, 7) is 8.43. The Bertz CT molecular complexity index is 230. The maximum absolute atomic E-state index is 10.1. The molecule has 1 saturated heterocycles. The number of rotatable bonds is 12. The van der Waals surface area contributed by atoms with Crippen molar-refractivity contribution in [2.24, 2.45) is 0 Å². The second kappa shape index (κ2) is 9.01. The molecular formula is C12H26O6Si. The quantitative estimate of drug-likeness (QED) is 0.330. The Hall–Kier alpha value is -0.0231. The number of ether oxygens (including phenoxy) is 2. The molecule has 1 aliphatic heterocycles. The van der Waals surface area contributed by atoms with Crippen LogP contribution in [-0.2, 0) is 22.8 Å². The maximum atomic E-state index is 10.1. The van der Waals surface area contributed by atoms with Crippen molar-refractivity contribution in [2.75, 3.05) is 33.0 Å². The third-order valence-electron chi connectivity index (χ3n) is 2.61. The van der Waals surface area contributed by atoms with Crippen LogP contribution in [0.1, 0.15) is 33.6 Å². The van der Waals surface area contributed by atoms with Gasteiger partial charge in [0.2, 0.25) is 0 Å². The molecule has 0 saturated carbocycles. The van der Waals surface area contributed by atoms with Gasteiger partial charge in [0.25, 0.3) is 0 Å². The Labute approximate surface area is 116 Å².